The molecule has 0 saturated heterocycles. The van der Waals surface area contributed by atoms with Crippen LogP contribution in [0, 0.1) is 0 Å². The molecule has 1 unspecified atom stereocenters. The van der Waals surface area contributed by atoms with Gasteiger partial charge in [0.1, 0.15) is 23.7 Å². The number of imidazole rings is 2. The molecule has 65 heavy (non-hydrogen) atoms. The number of hydrogen-bond donors (Lipinski definition) is 2. The van der Waals surface area contributed by atoms with Crippen LogP contribution in [-0.4, -0.2) is 85.1 Å². The van der Waals surface area contributed by atoms with Crippen LogP contribution < -0.4 is 22.5 Å². The van der Waals surface area contributed by atoms with E-state index in [0.717, 1.165) is 38.0 Å². The molecule has 8 aromatic rings. The summed E-state index contributed by atoms with van der Waals surface area (Å²) in [5, 5.41) is 2.89. The van der Waals surface area contributed by atoms with Crippen molar-refractivity contribution in [3.05, 3.63) is 123 Å². The van der Waals surface area contributed by atoms with Gasteiger partial charge in [0.15, 0.2) is 22.3 Å². The summed E-state index contributed by atoms with van der Waals surface area (Å²) in [7, 11) is 8.55. The number of rotatable bonds is 9. The zero-order valence-corrected chi connectivity index (χ0v) is 38.2. The summed E-state index contributed by atoms with van der Waals surface area (Å²) in [4.78, 5) is 105. The highest BCUT2D eigenvalue weighted by Crippen LogP contribution is 2.25. The number of esters is 3. The number of halogens is 2. The van der Waals surface area contributed by atoms with Crippen LogP contribution in [0.15, 0.2) is 67.7 Å². The monoisotopic (exact) mass is 930 g/mol. The third-order valence-electron chi connectivity index (χ3n) is 10.6. The summed E-state index contributed by atoms with van der Waals surface area (Å²) in [5.41, 5.74) is 0.420. The molecule has 6 aromatic heterocycles. The molecule has 0 saturated carbocycles. The summed E-state index contributed by atoms with van der Waals surface area (Å²) < 4.78 is 22.4. The Kier molecular flexibility index (Phi) is 12.3. The van der Waals surface area contributed by atoms with Gasteiger partial charge in [-0.2, -0.15) is 0 Å². The maximum Gasteiger partial charge on any atom is 0.332 e. The van der Waals surface area contributed by atoms with Crippen LogP contribution in [0.3, 0.4) is 0 Å². The molecule has 2 N–H and O–H groups in total. The second-order valence-corrected chi connectivity index (χ2v) is 17.1. The zero-order valence-electron chi connectivity index (χ0n) is 36.7. The van der Waals surface area contributed by atoms with Crippen molar-refractivity contribution in [1.82, 2.24) is 47.3 Å². The number of nitrogens with zero attached hydrogens (tertiary/aromatic N) is 8. The van der Waals surface area contributed by atoms with Crippen LogP contribution in [0.4, 0.5) is 0 Å². The van der Waals surface area contributed by atoms with E-state index in [4.69, 9.17) is 32.7 Å². The number of carbonyl (C=O) groups is 3. The lowest BCUT2D eigenvalue weighted by atomic mass is 10.1. The first-order chi connectivity index (χ1) is 30.6. The van der Waals surface area contributed by atoms with E-state index in [1.165, 1.54) is 39.5 Å². The second kappa shape index (κ2) is 17.4. The minimum absolute atomic E-state index is 0.0274. The average Bonchev–Trinajstić information content (AvgIpc) is 4.01. The van der Waals surface area contributed by atoms with Gasteiger partial charge in [0.25, 0.3) is 11.1 Å². The van der Waals surface area contributed by atoms with Crippen LogP contribution in [0.1, 0.15) is 49.7 Å². The first kappa shape index (κ1) is 45.8. The maximum atomic E-state index is 13.5. The number of H-pyrrole nitrogens is 2. The minimum atomic E-state index is -1.55. The van der Waals surface area contributed by atoms with Gasteiger partial charge in [0.2, 0.25) is 5.92 Å². The van der Waals surface area contributed by atoms with Crippen molar-refractivity contribution in [2.45, 2.75) is 51.8 Å². The van der Waals surface area contributed by atoms with Crippen LogP contribution in [0.5, 0.6) is 0 Å². The number of fused-ring (bicyclic) bond motifs is 4. The van der Waals surface area contributed by atoms with Crippen molar-refractivity contribution in [1.29, 1.82) is 0 Å². The number of nitrogens with one attached hydrogen (secondary N) is 2. The lowest BCUT2D eigenvalue weighted by Crippen LogP contribution is -2.40. The number of benzene rings is 2. The SMILES string of the molecule is COC(=O)C(C(=O)OC(C)(C)C)c1nc2c(c(=O)n(Cc3cc4cc(Cl)ccc4[nH]3)c(=O)n2C)n1C.COC(=O)Cc1nc2c(c(=O)n(Cc3cc4cc(Cl)ccc4[nH]3)c(=O)n2C)n1C. The van der Waals surface area contributed by atoms with Crippen molar-refractivity contribution < 1.29 is 28.6 Å². The predicted octanol–water partition coefficient (Wildman–Crippen LogP) is 3.55. The van der Waals surface area contributed by atoms with Gasteiger partial charge < -0.3 is 33.3 Å². The highest BCUT2D eigenvalue weighted by atomic mass is 35.5. The van der Waals surface area contributed by atoms with Crippen molar-refractivity contribution in [2.75, 3.05) is 14.2 Å². The van der Waals surface area contributed by atoms with Gasteiger partial charge in [-0.05, 0) is 69.3 Å². The summed E-state index contributed by atoms with van der Waals surface area (Å²) in [6.45, 7) is 5.00. The van der Waals surface area contributed by atoms with Gasteiger partial charge in [-0.1, -0.05) is 23.2 Å². The molecule has 2 aromatic carbocycles. The Balaban J connectivity index is 0.000000198. The number of ether oxygens (including phenoxy) is 3. The quantitative estimate of drug-likeness (QED) is 0.120. The van der Waals surface area contributed by atoms with Crippen LogP contribution >= 0.6 is 23.2 Å². The molecule has 0 spiro atoms. The zero-order chi connectivity index (χ0) is 47.4. The molecule has 8 rings (SSSR count). The van der Waals surface area contributed by atoms with Gasteiger partial charge in [0.05, 0.1) is 27.3 Å². The molecule has 0 aliphatic rings. The van der Waals surface area contributed by atoms with Crippen LogP contribution in [0.2, 0.25) is 10.0 Å². The van der Waals surface area contributed by atoms with E-state index in [2.05, 4.69) is 24.7 Å². The Bertz CT molecular complexity index is 3480. The molecule has 22 heteroatoms. The smallest absolute Gasteiger partial charge is 0.332 e. The average molecular weight is 932 g/mol. The molecule has 1 atom stereocenters. The Morgan fingerprint density at radius 3 is 1.60 bits per heavy atom. The summed E-state index contributed by atoms with van der Waals surface area (Å²) in [6, 6.07) is 14.4. The van der Waals surface area contributed by atoms with Gasteiger partial charge in [0, 0.05) is 71.4 Å². The lowest BCUT2D eigenvalue weighted by Gasteiger charge is -2.22. The molecule has 0 fully saturated rings. The van der Waals surface area contributed by atoms with E-state index in [1.807, 2.05) is 24.3 Å². The highest BCUT2D eigenvalue weighted by molar-refractivity contribution is 6.31. The van der Waals surface area contributed by atoms with E-state index in [1.54, 1.807) is 59.1 Å². The van der Waals surface area contributed by atoms with E-state index in [9.17, 15) is 33.6 Å². The normalized spacial score (nSPS) is 12.2. The summed E-state index contributed by atoms with van der Waals surface area (Å²) >= 11 is 12.1. The fraction of sp³-hybridized carbons (Fsp3) is 0.326. The first-order valence-electron chi connectivity index (χ1n) is 19.8. The molecule has 0 aliphatic heterocycles. The molecular weight excluding hydrogens is 887 g/mol. The third-order valence-corrected chi connectivity index (χ3v) is 11.1. The Morgan fingerprint density at radius 1 is 0.662 bits per heavy atom. The molecule has 0 bridgehead atoms. The number of aromatic amines is 2. The first-order valence-corrected chi connectivity index (χ1v) is 20.6. The molecule has 0 amide bonds. The van der Waals surface area contributed by atoms with E-state index in [-0.39, 0.29) is 47.7 Å². The van der Waals surface area contributed by atoms with Crippen molar-refractivity contribution in [2.24, 2.45) is 28.2 Å². The third kappa shape index (κ3) is 8.73. The van der Waals surface area contributed by atoms with E-state index >= 15 is 0 Å². The van der Waals surface area contributed by atoms with Crippen molar-refractivity contribution >= 4 is 85.2 Å². The Labute approximate surface area is 377 Å². The number of aromatic nitrogens is 10. The van der Waals surface area contributed by atoms with Crippen LogP contribution in [-0.2, 0) is 76.3 Å². The van der Waals surface area contributed by atoms with Gasteiger partial charge in [-0.3, -0.25) is 42.2 Å². The van der Waals surface area contributed by atoms with Gasteiger partial charge >= 0.3 is 29.3 Å². The molecular formula is C43H44Cl2N10O10. The predicted molar refractivity (Wildman–Crippen MR) is 242 cm³/mol. The number of hydrogen-bond acceptors (Lipinski definition) is 12. The molecule has 340 valence electrons. The lowest BCUT2D eigenvalue weighted by molar-refractivity contribution is -0.164. The number of methoxy groups -OCH3 is 2. The van der Waals surface area contributed by atoms with Crippen molar-refractivity contribution in [3.63, 3.8) is 0 Å². The Morgan fingerprint density at radius 2 is 1.14 bits per heavy atom. The largest absolute Gasteiger partial charge is 0.469 e. The second-order valence-electron chi connectivity index (χ2n) is 16.2. The summed E-state index contributed by atoms with van der Waals surface area (Å²) in [6.07, 6.45) is -0.0991. The number of aryl methyl sites for hydroxylation is 4. The minimum Gasteiger partial charge on any atom is -0.469 e. The standard InChI is InChI=1S/C24H26ClN5O6.C19H18ClN5O4/c1-24(2,3)36-22(33)16(21(32)35-6)18-27-19-17(28(18)4)20(31)30(23(34)29(19)5)11-14-10-12-9-13(25)7-8-15(12)26-14;1-23-14(8-15(26)29-3)22-17-16(23)18(27)25(19(28)24(17)2)9-12-7-10-6-11(20)4-5-13(10)21-12/h7-10,16,26H,11H2,1-6H3;4-7,21H,8-9H2,1-3H3. The Hall–Kier alpha value is -7.19. The molecule has 0 radical (unpaired) electrons. The van der Waals surface area contributed by atoms with E-state index < -0.39 is 51.9 Å². The molecule has 0 aliphatic carbocycles. The van der Waals surface area contributed by atoms with Gasteiger partial charge in [-0.25, -0.2) is 19.6 Å². The van der Waals surface area contributed by atoms with Crippen molar-refractivity contribution in [3.8, 4) is 0 Å². The maximum absolute atomic E-state index is 13.5. The molecule has 6 heterocycles. The molecule has 20 nitrogen and oxygen atoms in total. The van der Waals surface area contributed by atoms with Crippen LogP contribution in [0.25, 0.3) is 44.1 Å². The fourth-order valence-electron chi connectivity index (χ4n) is 7.47. The number of carbonyl (C=O) groups excluding carboxylic acids is 3. The highest BCUT2D eigenvalue weighted by Gasteiger charge is 2.38. The fourth-order valence-corrected chi connectivity index (χ4v) is 7.83. The van der Waals surface area contributed by atoms with E-state index in [0.29, 0.717) is 27.3 Å². The summed E-state index contributed by atoms with van der Waals surface area (Å²) in [5.74, 6) is -3.54. The topological polar surface area (TPSA) is 234 Å². The van der Waals surface area contributed by atoms with Gasteiger partial charge in [-0.15, -0.1) is 0 Å².